The van der Waals surface area contributed by atoms with Gasteiger partial charge in [0.25, 0.3) is 0 Å². The SMILES string of the molecule is CCC1CCCCN1CC(=O)O.Fc1ccccc1. The minimum absolute atomic E-state index is 0.178. The third-order valence-corrected chi connectivity index (χ3v) is 3.29. The molecule has 1 heterocycles. The van der Waals surface area contributed by atoms with E-state index in [9.17, 15) is 9.18 Å². The number of likely N-dealkylation sites (tertiary alicyclic amines) is 1. The van der Waals surface area contributed by atoms with E-state index in [1.807, 2.05) is 0 Å². The lowest BCUT2D eigenvalue weighted by Crippen LogP contribution is -2.42. The molecule has 0 spiro atoms. The number of carbonyl (C=O) groups is 1. The Morgan fingerprint density at radius 3 is 2.53 bits per heavy atom. The van der Waals surface area contributed by atoms with Gasteiger partial charge in [0, 0.05) is 6.04 Å². The molecule has 1 aromatic rings. The predicted molar refractivity (Wildman–Crippen MR) is 73.5 cm³/mol. The van der Waals surface area contributed by atoms with Crippen LogP contribution in [0.1, 0.15) is 32.6 Å². The summed E-state index contributed by atoms with van der Waals surface area (Å²) in [6, 6.07) is 8.45. The van der Waals surface area contributed by atoms with Gasteiger partial charge in [-0.05, 0) is 37.9 Å². The van der Waals surface area contributed by atoms with E-state index in [0.29, 0.717) is 6.04 Å². The molecule has 1 aromatic carbocycles. The van der Waals surface area contributed by atoms with Crippen molar-refractivity contribution >= 4 is 5.97 Å². The van der Waals surface area contributed by atoms with E-state index >= 15 is 0 Å². The van der Waals surface area contributed by atoms with E-state index in [4.69, 9.17) is 5.11 Å². The van der Waals surface area contributed by atoms with Crippen molar-refractivity contribution in [3.8, 4) is 0 Å². The van der Waals surface area contributed by atoms with Crippen molar-refractivity contribution in [1.82, 2.24) is 4.90 Å². The van der Waals surface area contributed by atoms with Crippen LogP contribution in [0.3, 0.4) is 0 Å². The molecular formula is C15H22FNO2. The number of carboxylic acids is 1. The van der Waals surface area contributed by atoms with Crippen LogP contribution in [0.25, 0.3) is 0 Å². The summed E-state index contributed by atoms with van der Waals surface area (Å²) in [6.45, 7) is 3.31. The molecule has 4 heteroatoms. The topological polar surface area (TPSA) is 40.5 Å². The smallest absolute Gasteiger partial charge is 0.317 e. The Balaban J connectivity index is 0.000000218. The Morgan fingerprint density at radius 1 is 1.37 bits per heavy atom. The number of hydrogen-bond donors (Lipinski definition) is 1. The van der Waals surface area contributed by atoms with Gasteiger partial charge in [0.2, 0.25) is 0 Å². The average Bonchev–Trinajstić information content (AvgIpc) is 2.40. The second kappa shape index (κ2) is 8.64. The molecular weight excluding hydrogens is 245 g/mol. The van der Waals surface area contributed by atoms with Gasteiger partial charge in [-0.15, -0.1) is 0 Å². The second-order valence-electron chi connectivity index (χ2n) is 4.72. The molecule has 1 N–H and O–H groups in total. The lowest BCUT2D eigenvalue weighted by atomic mass is 10.0. The van der Waals surface area contributed by atoms with Gasteiger partial charge in [-0.2, -0.15) is 0 Å². The average molecular weight is 267 g/mol. The molecule has 0 amide bonds. The van der Waals surface area contributed by atoms with Crippen molar-refractivity contribution in [1.29, 1.82) is 0 Å². The van der Waals surface area contributed by atoms with E-state index in [-0.39, 0.29) is 12.4 Å². The molecule has 0 saturated carbocycles. The van der Waals surface area contributed by atoms with Gasteiger partial charge >= 0.3 is 5.97 Å². The van der Waals surface area contributed by atoms with Crippen LogP contribution in [-0.4, -0.2) is 35.1 Å². The van der Waals surface area contributed by atoms with Crippen LogP contribution >= 0.6 is 0 Å². The number of nitrogens with zero attached hydrogens (tertiary/aromatic N) is 1. The molecule has 3 nitrogen and oxygen atoms in total. The first kappa shape index (κ1) is 15.6. The van der Waals surface area contributed by atoms with Crippen molar-refractivity contribution in [2.75, 3.05) is 13.1 Å². The summed E-state index contributed by atoms with van der Waals surface area (Å²) in [5.74, 6) is -0.877. The fourth-order valence-electron chi connectivity index (χ4n) is 2.32. The molecule has 2 rings (SSSR count). The lowest BCUT2D eigenvalue weighted by Gasteiger charge is -2.33. The zero-order valence-corrected chi connectivity index (χ0v) is 11.4. The van der Waals surface area contributed by atoms with Gasteiger partial charge in [0.1, 0.15) is 5.82 Å². The molecule has 0 aromatic heterocycles. The lowest BCUT2D eigenvalue weighted by molar-refractivity contribution is -0.139. The molecule has 0 aliphatic carbocycles. The number of piperidine rings is 1. The number of rotatable bonds is 3. The van der Waals surface area contributed by atoms with E-state index in [1.54, 1.807) is 18.2 Å². The molecule has 1 saturated heterocycles. The van der Waals surface area contributed by atoms with Crippen LogP contribution in [0.4, 0.5) is 4.39 Å². The fraction of sp³-hybridized carbons (Fsp3) is 0.533. The standard InChI is InChI=1S/C9H17NO2.C6H5F/c1-2-8-5-3-4-6-10(8)7-9(11)12;7-6-4-2-1-3-5-6/h8H,2-7H2,1H3,(H,11,12);1-5H. The summed E-state index contributed by atoms with van der Waals surface area (Å²) in [5, 5.41) is 8.64. The van der Waals surface area contributed by atoms with Gasteiger partial charge in [-0.25, -0.2) is 4.39 Å². The Hall–Kier alpha value is -1.42. The van der Waals surface area contributed by atoms with E-state index in [1.165, 1.54) is 25.0 Å². The highest BCUT2D eigenvalue weighted by molar-refractivity contribution is 5.69. The summed E-state index contributed by atoms with van der Waals surface area (Å²) < 4.78 is 11.9. The summed E-state index contributed by atoms with van der Waals surface area (Å²) in [6.07, 6.45) is 4.66. The molecule has 106 valence electrons. The maximum absolute atomic E-state index is 11.9. The summed E-state index contributed by atoms with van der Waals surface area (Å²) in [4.78, 5) is 12.6. The van der Waals surface area contributed by atoms with Crippen LogP contribution in [-0.2, 0) is 4.79 Å². The highest BCUT2D eigenvalue weighted by Crippen LogP contribution is 2.18. The summed E-state index contributed by atoms with van der Waals surface area (Å²) in [5.41, 5.74) is 0. The van der Waals surface area contributed by atoms with Crippen LogP contribution in [0.5, 0.6) is 0 Å². The highest BCUT2D eigenvalue weighted by atomic mass is 19.1. The Labute approximate surface area is 114 Å². The molecule has 1 fully saturated rings. The molecule has 1 atom stereocenters. The van der Waals surface area contributed by atoms with Crippen LogP contribution in [0.15, 0.2) is 30.3 Å². The number of carboxylic acid groups (broad SMARTS) is 1. The van der Waals surface area contributed by atoms with Crippen LogP contribution < -0.4 is 0 Å². The monoisotopic (exact) mass is 267 g/mol. The summed E-state index contributed by atoms with van der Waals surface area (Å²) in [7, 11) is 0. The number of hydrogen-bond acceptors (Lipinski definition) is 2. The predicted octanol–water partition coefficient (Wildman–Crippen LogP) is 3.16. The maximum Gasteiger partial charge on any atom is 0.317 e. The Bertz CT molecular complexity index is 370. The summed E-state index contributed by atoms with van der Waals surface area (Å²) >= 11 is 0. The number of aliphatic carboxylic acids is 1. The molecule has 1 unspecified atom stereocenters. The minimum Gasteiger partial charge on any atom is -0.480 e. The van der Waals surface area contributed by atoms with Crippen molar-refractivity contribution in [3.63, 3.8) is 0 Å². The molecule has 19 heavy (non-hydrogen) atoms. The van der Waals surface area contributed by atoms with Crippen molar-refractivity contribution in [2.45, 2.75) is 38.6 Å². The number of halogens is 1. The van der Waals surface area contributed by atoms with Gasteiger partial charge in [0.05, 0.1) is 6.54 Å². The van der Waals surface area contributed by atoms with Gasteiger partial charge < -0.3 is 5.11 Å². The zero-order chi connectivity index (χ0) is 14.1. The molecule has 1 aliphatic rings. The van der Waals surface area contributed by atoms with Gasteiger partial charge in [-0.3, -0.25) is 9.69 Å². The Kier molecular flexibility index (Phi) is 7.11. The first-order valence-electron chi connectivity index (χ1n) is 6.80. The molecule has 0 radical (unpaired) electrons. The third-order valence-electron chi connectivity index (χ3n) is 3.29. The van der Waals surface area contributed by atoms with Gasteiger partial charge in [-0.1, -0.05) is 31.5 Å². The van der Waals surface area contributed by atoms with E-state index < -0.39 is 5.97 Å². The largest absolute Gasteiger partial charge is 0.480 e. The minimum atomic E-state index is -0.699. The third kappa shape index (κ3) is 6.34. The van der Waals surface area contributed by atoms with Crippen LogP contribution in [0.2, 0.25) is 0 Å². The van der Waals surface area contributed by atoms with Crippen molar-refractivity contribution in [2.24, 2.45) is 0 Å². The van der Waals surface area contributed by atoms with Gasteiger partial charge in [0.15, 0.2) is 0 Å². The molecule has 0 bridgehead atoms. The van der Waals surface area contributed by atoms with Crippen LogP contribution in [0, 0.1) is 5.82 Å². The quantitative estimate of drug-likeness (QED) is 0.914. The van der Waals surface area contributed by atoms with Crippen molar-refractivity contribution < 1.29 is 14.3 Å². The normalized spacial score (nSPS) is 19.4. The highest BCUT2D eigenvalue weighted by Gasteiger charge is 2.21. The Morgan fingerprint density at radius 2 is 2.05 bits per heavy atom. The number of benzene rings is 1. The first-order chi connectivity index (χ1) is 9.13. The fourth-order valence-corrected chi connectivity index (χ4v) is 2.32. The maximum atomic E-state index is 11.9. The zero-order valence-electron chi connectivity index (χ0n) is 11.4. The van der Waals surface area contributed by atoms with E-state index in [2.05, 4.69) is 11.8 Å². The van der Waals surface area contributed by atoms with E-state index in [0.717, 1.165) is 19.4 Å². The second-order valence-corrected chi connectivity index (χ2v) is 4.72. The van der Waals surface area contributed by atoms with Crippen molar-refractivity contribution in [3.05, 3.63) is 36.1 Å². The molecule has 1 aliphatic heterocycles. The first-order valence-corrected chi connectivity index (χ1v) is 6.80.